The Morgan fingerprint density at radius 2 is 1.92 bits per heavy atom. The molecule has 0 aromatic heterocycles. The lowest BCUT2D eigenvalue weighted by molar-refractivity contribution is -0.142. The Hall–Kier alpha value is -1.06. The minimum absolute atomic E-state index is 0. The van der Waals surface area contributed by atoms with E-state index in [0.29, 0.717) is 0 Å². The second-order valence-corrected chi connectivity index (χ2v) is 2.41. The molecule has 1 atom stereocenters. The third-order valence-corrected chi connectivity index (χ3v) is 1.61. The van der Waals surface area contributed by atoms with Crippen molar-refractivity contribution in [1.82, 2.24) is 0 Å². The maximum Gasteiger partial charge on any atom is 0.327 e. The minimum Gasteiger partial charge on any atom is -1.00 e. The Bertz CT molecular complexity index is 264. The molecule has 0 fully saturated rings. The van der Waals surface area contributed by atoms with Gasteiger partial charge in [0, 0.05) is 0 Å². The summed E-state index contributed by atoms with van der Waals surface area (Å²) in [6.45, 7) is 0. The highest BCUT2D eigenvalue weighted by molar-refractivity contribution is 5.77. The molecule has 1 unspecified atom stereocenters. The molecule has 0 bridgehead atoms. The van der Waals surface area contributed by atoms with Crippen LogP contribution in [0.4, 0.5) is 0 Å². The third kappa shape index (κ3) is 3.05. The van der Waals surface area contributed by atoms with Crippen molar-refractivity contribution < 1.29 is 21.9 Å². The van der Waals surface area contributed by atoms with Gasteiger partial charge in [-0.1, -0.05) is 30.3 Å². The maximum atomic E-state index is 11.0. The molecule has 72 valence electrons. The molecule has 13 heavy (non-hydrogen) atoms. The summed E-state index contributed by atoms with van der Waals surface area (Å²) in [5.74, 6) is -0.416. The molecule has 3 nitrogen and oxygen atoms in total. The number of nitrogens with two attached hydrogens (primary N) is 1. The Morgan fingerprint density at radius 1 is 1.38 bits per heavy atom. The van der Waals surface area contributed by atoms with E-state index in [9.17, 15) is 4.79 Å². The van der Waals surface area contributed by atoms with Crippen molar-refractivity contribution in [2.45, 2.75) is 6.04 Å². The lowest BCUT2D eigenvalue weighted by atomic mass is 10.1. The second kappa shape index (κ2) is 5.56. The first kappa shape index (κ1) is 11.9. The van der Waals surface area contributed by atoms with Crippen molar-refractivity contribution in [3.8, 4) is 0 Å². The summed E-state index contributed by atoms with van der Waals surface area (Å²) in [7, 11) is 1.32. The lowest BCUT2D eigenvalue weighted by Gasteiger charge is -2.08. The Balaban J connectivity index is 0.00000144. The molecule has 0 heterocycles. The number of benzene rings is 1. The van der Waals surface area contributed by atoms with Crippen LogP contribution >= 0.6 is 0 Å². The molecule has 0 saturated carbocycles. The van der Waals surface area contributed by atoms with Gasteiger partial charge in [0.2, 0.25) is 0 Å². The highest BCUT2D eigenvalue weighted by atomic mass is 35.5. The van der Waals surface area contributed by atoms with Crippen LogP contribution in [0.3, 0.4) is 0 Å². The Morgan fingerprint density at radius 3 is 2.38 bits per heavy atom. The predicted octanol–water partition coefficient (Wildman–Crippen LogP) is -2.14. The van der Waals surface area contributed by atoms with E-state index in [4.69, 9.17) is 5.73 Å². The van der Waals surface area contributed by atoms with Gasteiger partial charge < -0.3 is 22.9 Å². The molecule has 0 amide bonds. The fraction of sp³-hybridized carbons (Fsp3) is 0.222. The Labute approximate surface area is 83.3 Å². The van der Waals surface area contributed by atoms with Crippen molar-refractivity contribution in [3.63, 3.8) is 0 Å². The van der Waals surface area contributed by atoms with Crippen LogP contribution in [0, 0.1) is 0 Å². The van der Waals surface area contributed by atoms with Crippen LogP contribution in [-0.4, -0.2) is 13.1 Å². The molecular formula is C9H11ClNO2-. The quantitative estimate of drug-likeness (QED) is 0.555. The normalized spacial score (nSPS) is 11.2. The van der Waals surface area contributed by atoms with Gasteiger partial charge in [0.25, 0.3) is 0 Å². The van der Waals surface area contributed by atoms with Crippen LogP contribution in [0.25, 0.3) is 0 Å². The van der Waals surface area contributed by atoms with Crippen LogP contribution in [0.5, 0.6) is 0 Å². The van der Waals surface area contributed by atoms with Crippen LogP contribution in [0.1, 0.15) is 11.6 Å². The standard InChI is InChI=1S/C9H11NO2.ClH/c1-12-9(11)8(10)7-5-3-2-4-6-7;/h2-6,8H,10H2,1H3;1H/p-1. The minimum atomic E-state index is -0.670. The zero-order valence-electron chi connectivity index (χ0n) is 7.24. The van der Waals surface area contributed by atoms with E-state index in [1.54, 1.807) is 12.1 Å². The first-order valence-corrected chi connectivity index (χ1v) is 3.64. The smallest absolute Gasteiger partial charge is 0.327 e. The monoisotopic (exact) mass is 200 g/mol. The van der Waals surface area contributed by atoms with E-state index in [-0.39, 0.29) is 12.4 Å². The molecule has 1 aromatic carbocycles. The number of ether oxygens (including phenoxy) is 1. The van der Waals surface area contributed by atoms with E-state index in [0.717, 1.165) is 5.56 Å². The largest absolute Gasteiger partial charge is 1.00 e. The fourth-order valence-electron chi connectivity index (χ4n) is 0.923. The van der Waals surface area contributed by atoms with Gasteiger partial charge in [-0.15, -0.1) is 0 Å². The van der Waals surface area contributed by atoms with Crippen molar-refractivity contribution in [3.05, 3.63) is 35.9 Å². The first-order valence-electron chi connectivity index (χ1n) is 3.64. The summed E-state index contributed by atoms with van der Waals surface area (Å²) < 4.78 is 4.50. The fourth-order valence-corrected chi connectivity index (χ4v) is 0.923. The van der Waals surface area contributed by atoms with Crippen LogP contribution in [0.2, 0.25) is 0 Å². The van der Waals surface area contributed by atoms with E-state index < -0.39 is 12.0 Å². The van der Waals surface area contributed by atoms with Crippen molar-refractivity contribution in [2.75, 3.05) is 7.11 Å². The van der Waals surface area contributed by atoms with E-state index in [2.05, 4.69) is 4.74 Å². The lowest BCUT2D eigenvalue weighted by Crippen LogP contribution is -3.00. The van der Waals surface area contributed by atoms with Gasteiger partial charge in [-0.05, 0) is 5.56 Å². The molecule has 1 rings (SSSR count). The third-order valence-electron chi connectivity index (χ3n) is 1.61. The topological polar surface area (TPSA) is 52.3 Å². The van der Waals surface area contributed by atoms with Gasteiger partial charge in [-0.25, -0.2) is 0 Å². The summed E-state index contributed by atoms with van der Waals surface area (Å²) in [5.41, 5.74) is 6.34. The highest BCUT2D eigenvalue weighted by Crippen LogP contribution is 2.09. The number of methoxy groups -OCH3 is 1. The molecule has 0 aliphatic rings. The van der Waals surface area contributed by atoms with Gasteiger partial charge in [-0.3, -0.25) is 4.79 Å². The van der Waals surface area contributed by atoms with Gasteiger partial charge in [0.05, 0.1) is 7.11 Å². The molecule has 1 aromatic rings. The number of hydrogen-bond donors (Lipinski definition) is 1. The number of rotatable bonds is 2. The van der Waals surface area contributed by atoms with Crippen molar-refractivity contribution in [1.29, 1.82) is 0 Å². The predicted molar refractivity (Wildman–Crippen MR) is 45.4 cm³/mol. The van der Waals surface area contributed by atoms with Gasteiger partial charge in [-0.2, -0.15) is 0 Å². The number of esters is 1. The van der Waals surface area contributed by atoms with E-state index in [1.165, 1.54) is 7.11 Å². The average Bonchev–Trinajstić information content (AvgIpc) is 2.17. The number of hydrogen-bond acceptors (Lipinski definition) is 3. The van der Waals surface area contributed by atoms with Gasteiger partial charge in [0.1, 0.15) is 6.04 Å². The summed E-state index contributed by atoms with van der Waals surface area (Å²) in [5, 5.41) is 0. The average molecular weight is 201 g/mol. The number of halogens is 1. The SMILES string of the molecule is COC(=O)C(N)c1ccccc1.[Cl-]. The Kier molecular flexibility index (Phi) is 5.11. The van der Waals surface area contributed by atoms with E-state index >= 15 is 0 Å². The van der Waals surface area contributed by atoms with Crippen molar-refractivity contribution >= 4 is 5.97 Å². The second-order valence-electron chi connectivity index (χ2n) is 2.41. The summed E-state index contributed by atoms with van der Waals surface area (Å²) >= 11 is 0. The van der Waals surface area contributed by atoms with Gasteiger partial charge in [0.15, 0.2) is 0 Å². The van der Waals surface area contributed by atoms with E-state index in [1.807, 2.05) is 18.2 Å². The zero-order chi connectivity index (χ0) is 8.97. The number of carbonyl (C=O) groups excluding carboxylic acids is 1. The zero-order valence-corrected chi connectivity index (χ0v) is 7.99. The van der Waals surface area contributed by atoms with Crippen LogP contribution < -0.4 is 18.1 Å². The van der Waals surface area contributed by atoms with Gasteiger partial charge >= 0.3 is 5.97 Å². The molecular weight excluding hydrogens is 190 g/mol. The first-order chi connectivity index (χ1) is 5.75. The summed E-state index contributed by atoms with van der Waals surface area (Å²) in [4.78, 5) is 11.0. The van der Waals surface area contributed by atoms with Crippen molar-refractivity contribution in [2.24, 2.45) is 5.73 Å². The summed E-state index contributed by atoms with van der Waals surface area (Å²) in [6, 6.07) is 8.45. The highest BCUT2D eigenvalue weighted by Gasteiger charge is 2.14. The number of carbonyl (C=O) groups is 1. The molecule has 0 aliphatic heterocycles. The molecule has 0 spiro atoms. The molecule has 2 N–H and O–H groups in total. The maximum absolute atomic E-state index is 11.0. The van der Waals surface area contributed by atoms with Crippen LogP contribution in [0.15, 0.2) is 30.3 Å². The molecule has 4 heteroatoms. The molecule has 0 radical (unpaired) electrons. The molecule has 0 saturated heterocycles. The molecule has 0 aliphatic carbocycles. The summed E-state index contributed by atoms with van der Waals surface area (Å²) in [6.07, 6.45) is 0. The van der Waals surface area contributed by atoms with Crippen LogP contribution in [-0.2, 0) is 9.53 Å².